The number of para-hydroxylation sites is 3. The van der Waals surface area contributed by atoms with Crippen molar-refractivity contribution in [1.82, 2.24) is 19.1 Å². The predicted octanol–water partition coefficient (Wildman–Crippen LogP) is 13.3. The first-order valence-electron chi connectivity index (χ1n) is 19.0. The zero-order valence-electron chi connectivity index (χ0n) is 30.4. The molecule has 11 aromatic rings. The van der Waals surface area contributed by atoms with Crippen molar-refractivity contribution in [2.24, 2.45) is 0 Å². The van der Waals surface area contributed by atoms with Crippen LogP contribution in [-0.4, -0.2) is 19.1 Å². The quantitative estimate of drug-likeness (QED) is 0.172. The highest BCUT2D eigenvalue weighted by atomic mass is 15.0. The lowest BCUT2D eigenvalue weighted by Gasteiger charge is -2.12. The van der Waals surface area contributed by atoms with Gasteiger partial charge in [-0.05, 0) is 77.9 Å². The maximum Gasteiger partial charge on any atom is 0.160 e. The number of rotatable bonds is 6. The zero-order chi connectivity index (χ0) is 37.0. The third-order valence-corrected chi connectivity index (χ3v) is 10.9. The molecular formula is C52H34N4. The van der Waals surface area contributed by atoms with Gasteiger partial charge in [-0.1, -0.05) is 140 Å². The minimum atomic E-state index is 0.703. The molecule has 0 saturated heterocycles. The minimum absolute atomic E-state index is 0.703. The Balaban J connectivity index is 1.00. The van der Waals surface area contributed by atoms with Gasteiger partial charge in [-0.15, -0.1) is 0 Å². The smallest absolute Gasteiger partial charge is 0.160 e. The van der Waals surface area contributed by atoms with Gasteiger partial charge in [0.05, 0.1) is 33.5 Å². The Morgan fingerprint density at radius 1 is 0.268 bits per heavy atom. The van der Waals surface area contributed by atoms with Gasteiger partial charge in [0.2, 0.25) is 0 Å². The zero-order valence-corrected chi connectivity index (χ0v) is 30.4. The number of nitrogens with zero attached hydrogens (tertiary/aromatic N) is 4. The van der Waals surface area contributed by atoms with Crippen LogP contribution in [0.4, 0.5) is 0 Å². The van der Waals surface area contributed by atoms with Crippen LogP contribution in [0.25, 0.3) is 100 Å². The lowest BCUT2D eigenvalue weighted by molar-refractivity contribution is 1.14. The van der Waals surface area contributed by atoms with E-state index in [2.05, 4.69) is 203 Å². The third kappa shape index (κ3) is 5.31. The Bertz CT molecular complexity index is 3120. The summed E-state index contributed by atoms with van der Waals surface area (Å²) in [5.74, 6) is 0.703. The summed E-state index contributed by atoms with van der Waals surface area (Å²) in [6.45, 7) is 0. The molecule has 3 aromatic heterocycles. The van der Waals surface area contributed by atoms with Crippen LogP contribution < -0.4 is 0 Å². The van der Waals surface area contributed by atoms with Crippen LogP contribution in [0.2, 0.25) is 0 Å². The van der Waals surface area contributed by atoms with Gasteiger partial charge in [-0.2, -0.15) is 0 Å². The SMILES string of the molecule is c1ccc(-c2cc(-c3ccccc3)nc(-c3cccc(-c4ccc5c(c4)c4ccccc4n5-c4ccc(-n5c6ccccc6c6ccccc65)cc4)c3)n2)cc1. The topological polar surface area (TPSA) is 35.6 Å². The summed E-state index contributed by atoms with van der Waals surface area (Å²) in [5.41, 5.74) is 14.2. The number of fused-ring (bicyclic) bond motifs is 6. The molecule has 0 N–H and O–H groups in total. The van der Waals surface area contributed by atoms with E-state index in [1.807, 2.05) is 12.1 Å². The molecule has 0 unspecified atom stereocenters. The van der Waals surface area contributed by atoms with E-state index in [-0.39, 0.29) is 0 Å². The first-order chi connectivity index (χ1) is 27.8. The number of benzene rings is 8. The van der Waals surface area contributed by atoms with E-state index < -0.39 is 0 Å². The first kappa shape index (κ1) is 31.9. The molecule has 4 heteroatoms. The fourth-order valence-corrected chi connectivity index (χ4v) is 8.31. The molecule has 0 saturated carbocycles. The average molecular weight is 715 g/mol. The molecule has 11 rings (SSSR count). The molecule has 56 heavy (non-hydrogen) atoms. The lowest BCUT2D eigenvalue weighted by Crippen LogP contribution is -1.97. The van der Waals surface area contributed by atoms with Crippen LogP contribution in [0.5, 0.6) is 0 Å². The second kappa shape index (κ2) is 13.1. The maximum atomic E-state index is 5.10. The normalized spacial score (nSPS) is 11.6. The van der Waals surface area contributed by atoms with Crippen molar-refractivity contribution in [3.8, 4) is 56.4 Å². The highest BCUT2D eigenvalue weighted by Crippen LogP contribution is 2.37. The lowest BCUT2D eigenvalue weighted by atomic mass is 10.00. The summed E-state index contributed by atoms with van der Waals surface area (Å²) < 4.78 is 4.75. The molecular weight excluding hydrogens is 681 g/mol. The van der Waals surface area contributed by atoms with Crippen molar-refractivity contribution in [2.75, 3.05) is 0 Å². The third-order valence-electron chi connectivity index (χ3n) is 10.9. The van der Waals surface area contributed by atoms with E-state index >= 15 is 0 Å². The van der Waals surface area contributed by atoms with Crippen molar-refractivity contribution < 1.29 is 0 Å². The fourth-order valence-electron chi connectivity index (χ4n) is 8.31. The average Bonchev–Trinajstić information content (AvgIpc) is 3.80. The van der Waals surface area contributed by atoms with Crippen molar-refractivity contribution in [3.63, 3.8) is 0 Å². The van der Waals surface area contributed by atoms with Gasteiger partial charge in [0.25, 0.3) is 0 Å². The number of hydrogen-bond donors (Lipinski definition) is 0. The molecule has 0 fully saturated rings. The molecule has 0 aliphatic rings. The van der Waals surface area contributed by atoms with Crippen molar-refractivity contribution in [3.05, 3.63) is 206 Å². The Hall–Kier alpha value is -7.56. The summed E-state index contributed by atoms with van der Waals surface area (Å²) in [4.78, 5) is 10.2. The van der Waals surface area contributed by atoms with Crippen LogP contribution in [0.15, 0.2) is 206 Å². The Kier molecular flexibility index (Phi) is 7.46. The van der Waals surface area contributed by atoms with E-state index in [1.165, 1.54) is 43.6 Å². The van der Waals surface area contributed by atoms with Crippen LogP contribution >= 0.6 is 0 Å². The molecule has 0 aliphatic carbocycles. The maximum absolute atomic E-state index is 5.10. The molecule has 4 nitrogen and oxygen atoms in total. The molecule has 0 spiro atoms. The van der Waals surface area contributed by atoms with E-state index in [0.29, 0.717) is 5.82 Å². The highest BCUT2D eigenvalue weighted by molar-refractivity contribution is 6.11. The van der Waals surface area contributed by atoms with E-state index in [4.69, 9.17) is 9.97 Å². The minimum Gasteiger partial charge on any atom is -0.309 e. The first-order valence-corrected chi connectivity index (χ1v) is 19.0. The van der Waals surface area contributed by atoms with E-state index in [9.17, 15) is 0 Å². The van der Waals surface area contributed by atoms with Gasteiger partial charge < -0.3 is 9.13 Å². The van der Waals surface area contributed by atoms with Gasteiger partial charge in [0.1, 0.15) is 0 Å². The molecule has 0 aliphatic heterocycles. The number of aromatic nitrogens is 4. The molecule has 8 aromatic carbocycles. The summed E-state index contributed by atoms with van der Waals surface area (Å²) >= 11 is 0. The van der Waals surface area contributed by atoms with E-state index in [1.54, 1.807) is 0 Å². The molecule has 0 radical (unpaired) electrons. The molecule has 3 heterocycles. The molecule has 262 valence electrons. The Morgan fingerprint density at radius 3 is 1.21 bits per heavy atom. The van der Waals surface area contributed by atoms with Gasteiger partial charge in [-0.3, -0.25) is 0 Å². The second-order valence-electron chi connectivity index (χ2n) is 14.2. The number of hydrogen-bond acceptors (Lipinski definition) is 2. The van der Waals surface area contributed by atoms with Crippen LogP contribution in [0, 0.1) is 0 Å². The summed E-state index contributed by atoms with van der Waals surface area (Å²) in [7, 11) is 0. The van der Waals surface area contributed by atoms with Crippen LogP contribution in [0.1, 0.15) is 0 Å². The fraction of sp³-hybridized carbons (Fsp3) is 0. The second-order valence-corrected chi connectivity index (χ2v) is 14.2. The largest absolute Gasteiger partial charge is 0.309 e. The van der Waals surface area contributed by atoms with Gasteiger partial charge in [0.15, 0.2) is 5.82 Å². The Labute approximate surface area is 324 Å². The van der Waals surface area contributed by atoms with Gasteiger partial charge in [0, 0.05) is 49.6 Å². The summed E-state index contributed by atoms with van der Waals surface area (Å²) in [5, 5.41) is 4.96. The van der Waals surface area contributed by atoms with Crippen LogP contribution in [0.3, 0.4) is 0 Å². The summed E-state index contributed by atoms with van der Waals surface area (Å²) in [6.07, 6.45) is 0. The van der Waals surface area contributed by atoms with Gasteiger partial charge in [-0.25, -0.2) is 9.97 Å². The Morgan fingerprint density at radius 2 is 0.679 bits per heavy atom. The van der Waals surface area contributed by atoms with Gasteiger partial charge >= 0.3 is 0 Å². The molecule has 0 amide bonds. The van der Waals surface area contributed by atoms with Crippen molar-refractivity contribution in [1.29, 1.82) is 0 Å². The summed E-state index contributed by atoms with van der Waals surface area (Å²) in [6, 6.07) is 73.2. The van der Waals surface area contributed by atoms with Crippen molar-refractivity contribution in [2.45, 2.75) is 0 Å². The van der Waals surface area contributed by atoms with E-state index in [0.717, 1.165) is 50.6 Å². The molecule has 0 atom stereocenters. The van der Waals surface area contributed by atoms with Crippen LogP contribution in [-0.2, 0) is 0 Å². The standard InChI is InChI=1S/C52H34N4/c1-3-14-35(15-4-1)46-34-47(36-16-5-2-6-17-36)54-52(53-46)39-19-13-18-37(32-39)38-26-31-51-45(33-38)44-22-9-12-25-50(44)56(51)41-29-27-40(28-30-41)55-48-23-10-7-20-42(48)43-21-8-11-24-49(43)55/h1-34H. The predicted molar refractivity (Wildman–Crippen MR) is 232 cm³/mol. The highest BCUT2D eigenvalue weighted by Gasteiger charge is 2.16. The monoisotopic (exact) mass is 714 g/mol. The van der Waals surface area contributed by atoms with Crippen molar-refractivity contribution >= 4 is 43.6 Å². The molecule has 0 bridgehead atoms.